The Hall–Kier alpha value is -4.27. The number of benzene rings is 2. The molecule has 3 heterocycles. The molecule has 2 amide bonds. The van der Waals surface area contributed by atoms with Crippen LogP contribution in [-0.4, -0.2) is 71.2 Å². The van der Waals surface area contributed by atoms with Gasteiger partial charge >= 0.3 is 12.1 Å². The van der Waals surface area contributed by atoms with Crippen molar-refractivity contribution in [3.63, 3.8) is 0 Å². The van der Waals surface area contributed by atoms with Gasteiger partial charge in [-0.3, -0.25) is 19.2 Å². The molecular formula is C40H47ClF4N4O6. The van der Waals surface area contributed by atoms with Crippen molar-refractivity contribution in [1.29, 1.82) is 0 Å². The summed E-state index contributed by atoms with van der Waals surface area (Å²) in [5.41, 5.74) is 0.147. The number of halogens is 5. The fourth-order valence-electron chi connectivity index (χ4n) is 7.83. The van der Waals surface area contributed by atoms with Crippen molar-refractivity contribution in [1.82, 2.24) is 20.1 Å². The number of likely N-dealkylation sites (tertiary alicyclic amines) is 1. The van der Waals surface area contributed by atoms with Crippen molar-refractivity contribution in [3.8, 4) is 11.1 Å². The van der Waals surface area contributed by atoms with Crippen LogP contribution in [0.2, 0.25) is 5.02 Å². The average Bonchev–Trinajstić information content (AvgIpc) is 3.06. The van der Waals surface area contributed by atoms with Crippen molar-refractivity contribution < 1.29 is 41.8 Å². The van der Waals surface area contributed by atoms with Gasteiger partial charge < -0.3 is 29.9 Å². The summed E-state index contributed by atoms with van der Waals surface area (Å²) in [5, 5.41) is 15.4. The molecule has 0 bridgehead atoms. The number of nitrogens with zero attached hydrogens (tertiary/aromatic N) is 2. The molecule has 0 saturated carbocycles. The second kappa shape index (κ2) is 16.8. The topological polar surface area (TPSA) is 130 Å². The van der Waals surface area contributed by atoms with Crippen molar-refractivity contribution in [2.24, 2.45) is 11.3 Å². The highest BCUT2D eigenvalue weighted by Gasteiger charge is 2.44. The quantitative estimate of drug-likeness (QED) is 0.162. The second-order valence-corrected chi connectivity index (χ2v) is 15.8. The number of hydrogen-bond acceptors (Lipinski definition) is 6. The molecule has 2 aromatic carbocycles. The summed E-state index contributed by atoms with van der Waals surface area (Å²) in [5.74, 6) is -4.21. The van der Waals surface area contributed by atoms with Gasteiger partial charge in [-0.1, -0.05) is 25.4 Å². The number of carbonyl (C=O) groups is 3. The Kier molecular flexibility index (Phi) is 12.8. The third-order valence-corrected chi connectivity index (χ3v) is 10.7. The average molecular weight is 791 g/mol. The molecule has 0 aliphatic carbocycles. The maximum absolute atomic E-state index is 15.8. The zero-order valence-electron chi connectivity index (χ0n) is 31.5. The SMILES string of the molecule is Cc1cc(-c2c(C)cc(Cl)cc2C)cc([C@H](CC(=O)O)NC(=O)[C@H](CC(C)C)NC(=O)c2ccc(C(F)(F)F)n(CCN3CC4(CCOCC4)C3)c2=O)c1F. The number of aliphatic carboxylic acids is 1. The molecule has 2 fully saturated rings. The third kappa shape index (κ3) is 9.76. The first kappa shape index (κ1) is 41.9. The molecule has 2 atom stereocenters. The summed E-state index contributed by atoms with van der Waals surface area (Å²) in [6.07, 6.45) is -3.85. The van der Waals surface area contributed by atoms with Gasteiger partial charge in [0.05, 0.1) is 12.5 Å². The smallest absolute Gasteiger partial charge is 0.431 e. The van der Waals surface area contributed by atoms with E-state index in [9.17, 15) is 37.5 Å². The highest BCUT2D eigenvalue weighted by molar-refractivity contribution is 6.30. The van der Waals surface area contributed by atoms with Gasteiger partial charge in [0.2, 0.25) is 5.91 Å². The minimum atomic E-state index is -4.87. The van der Waals surface area contributed by atoms with Crippen molar-refractivity contribution in [3.05, 3.63) is 91.1 Å². The van der Waals surface area contributed by atoms with Crippen LogP contribution in [0.25, 0.3) is 11.1 Å². The van der Waals surface area contributed by atoms with Gasteiger partial charge in [0, 0.05) is 55.4 Å². The standard InChI is InChI=1S/C40H47ClF4N4O6/c1-22(2)14-31(37(53)46-30(19-33(50)51)29-18-26(15-25(5)35(29)42)34-23(3)16-27(41)17-24(34)4)47-36(52)28-6-7-32(40(43,44)45)49(38(28)54)11-10-48-20-39(21-48)8-12-55-13-9-39/h6-7,15-18,22,30-31H,8-14,19-21H2,1-5H3,(H,46,53)(H,47,52)(H,50,51)/t30-,31-/m0/s1. The first-order chi connectivity index (χ1) is 25.8. The molecule has 0 unspecified atom stereocenters. The Labute approximate surface area is 322 Å². The Morgan fingerprint density at radius 1 is 0.964 bits per heavy atom. The lowest BCUT2D eigenvalue weighted by molar-refractivity contribution is -0.144. The number of amides is 2. The number of rotatable bonds is 13. The van der Waals surface area contributed by atoms with Crippen LogP contribution in [0.3, 0.4) is 0 Å². The summed E-state index contributed by atoms with van der Waals surface area (Å²) in [6, 6.07) is 5.32. The van der Waals surface area contributed by atoms with Crippen LogP contribution in [0.5, 0.6) is 0 Å². The van der Waals surface area contributed by atoms with E-state index < -0.39 is 65.1 Å². The first-order valence-electron chi connectivity index (χ1n) is 18.3. The fraction of sp³-hybridized carbons (Fsp3) is 0.500. The van der Waals surface area contributed by atoms with Crippen LogP contribution in [0.4, 0.5) is 17.6 Å². The highest BCUT2D eigenvalue weighted by atomic mass is 35.5. The Balaban J connectivity index is 1.40. The first-order valence-corrected chi connectivity index (χ1v) is 18.7. The molecule has 2 aliphatic rings. The number of carbonyl (C=O) groups excluding carboxylic acids is 2. The van der Waals surface area contributed by atoms with Gasteiger partial charge in [0.15, 0.2) is 0 Å². The van der Waals surface area contributed by atoms with Gasteiger partial charge in [-0.05, 0) is 110 Å². The second-order valence-electron chi connectivity index (χ2n) is 15.3. The summed E-state index contributed by atoms with van der Waals surface area (Å²) < 4.78 is 64.1. The zero-order valence-corrected chi connectivity index (χ0v) is 32.3. The van der Waals surface area contributed by atoms with Gasteiger partial charge in [-0.25, -0.2) is 4.39 Å². The Morgan fingerprint density at radius 3 is 2.18 bits per heavy atom. The van der Waals surface area contributed by atoms with Crippen LogP contribution < -0.4 is 16.2 Å². The third-order valence-electron chi connectivity index (χ3n) is 10.5. The monoisotopic (exact) mass is 790 g/mol. The molecule has 10 nitrogen and oxygen atoms in total. The van der Waals surface area contributed by atoms with Gasteiger partial charge in [-0.15, -0.1) is 0 Å². The van der Waals surface area contributed by atoms with E-state index >= 15 is 4.39 Å². The lowest BCUT2D eigenvalue weighted by atomic mass is 9.73. The minimum Gasteiger partial charge on any atom is -0.481 e. The number of alkyl halides is 3. The number of ether oxygens (including phenoxy) is 1. The number of pyridine rings is 1. The molecule has 3 N–H and O–H groups in total. The van der Waals surface area contributed by atoms with E-state index in [-0.39, 0.29) is 42.0 Å². The van der Waals surface area contributed by atoms with Gasteiger partial charge in [0.1, 0.15) is 23.1 Å². The molecule has 55 heavy (non-hydrogen) atoms. The number of nitrogens with one attached hydrogen (secondary N) is 2. The molecule has 5 rings (SSSR count). The lowest BCUT2D eigenvalue weighted by Crippen LogP contribution is -2.59. The van der Waals surface area contributed by atoms with Crippen LogP contribution in [0, 0.1) is 37.9 Å². The largest absolute Gasteiger partial charge is 0.481 e. The van der Waals surface area contributed by atoms with Crippen LogP contribution in [0.15, 0.2) is 41.2 Å². The molecule has 15 heteroatoms. The maximum atomic E-state index is 15.8. The number of carboxylic acid groups (broad SMARTS) is 1. The molecule has 2 aliphatic heterocycles. The fourth-order valence-corrected chi connectivity index (χ4v) is 8.16. The number of hydrogen-bond donors (Lipinski definition) is 3. The summed E-state index contributed by atoms with van der Waals surface area (Å²) in [7, 11) is 0. The van der Waals surface area contributed by atoms with E-state index in [2.05, 4.69) is 10.6 Å². The Bertz CT molecular complexity index is 1980. The number of aromatic nitrogens is 1. The van der Waals surface area contributed by atoms with E-state index in [0.29, 0.717) is 47.5 Å². The molecule has 298 valence electrons. The summed E-state index contributed by atoms with van der Waals surface area (Å²) in [4.78, 5) is 55.1. The Morgan fingerprint density at radius 2 is 1.60 bits per heavy atom. The molecule has 0 radical (unpaired) electrons. The van der Waals surface area contributed by atoms with Crippen molar-refractivity contribution in [2.45, 2.75) is 85.1 Å². The van der Waals surface area contributed by atoms with Gasteiger partial charge in [0.25, 0.3) is 11.5 Å². The number of aryl methyl sites for hydroxylation is 3. The van der Waals surface area contributed by atoms with Crippen molar-refractivity contribution in [2.75, 3.05) is 32.8 Å². The predicted octanol–water partition coefficient (Wildman–Crippen LogP) is 6.84. The van der Waals surface area contributed by atoms with Crippen LogP contribution >= 0.6 is 11.6 Å². The van der Waals surface area contributed by atoms with E-state index in [4.69, 9.17) is 16.3 Å². The number of carboxylic acids is 1. The molecule has 1 aromatic heterocycles. The highest BCUT2D eigenvalue weighted by Crippen LogP contribution is 2.40. The van der Waals surface area contributed by atoms with Crippen LogP contribution in [-0.2, 0) is 27.0 Å². The van der Waals surface area contributed by atoms with E-state index in [1.807, 2.05) is 18.7 Å². The van der Waals surface area contributed by atoms with Crippen molar-refractivity contribution >= 4 is 29.4 Å². The molecule has 2 saturated heterocycles. The normalized spacial score (nSPS) is 16.8. The zero-order chi connectivity index (χ0) is 40.4. The van der Waals surface area contributed by atoms with E-state index in [0.717, 1.165) is 35.6 Å². The molecular weight excluding hydrogens is 744 g/mol. The maximum Gasteiger partial charge on any atom is 0.431 e. The van der Waals surface area contributed by atoms with E-state index in [1.54, 1.807) is 32.0 Å². The van der Waals surface area contributed by atoms with Gasteiger partial charge in [-0.2, -0.15) is 13.2 Å². The van der Waals surface area contributed by atoms with Crippen LogP contribution in [0.1, 0.15) is 83.9 Å². The van der Waals surface area contributed by atoms with E-state index in [1.165, 1.54) is 13.0 Å². The summed E-state index contributed by atoms with van der Waals surface area (Å²) >= 11 is 6.23. The summed E-state index contributed by atoms with van der Waals surface area (Å²) in [6.45, 7) is 11.2. The molecule has 3 aromatic rings. The lowest BCUT2D eigenvalue weighted by Gasteiger charge is -2.52. The molecule has 1 spiro atoms. The minimum absolute atomic E-state index is 0.0126. The predicted molar refractivity (Wildman–Crippen MR) is 200 cm³/mol.